The lowest BCUT2D eigenvalue weighted by Gasteiger charge is -2.06. The lowest BCUT2D eigenvalue weighted by Crippen LogP contribution is -2.21. The van der Waals surface area contributed by atoms with Crippen LogP contribution in [0, 0.1) is 5.92 Å². The summed E-state index contributed by atoms with van der Waals surface area (Å²) < 4.78 is 27.4. The lowest BCUT2D eigenvalue weighted by molar-refractivity contribution is 0.123. The first-order valence-electron chi connectivity index (χ1n) is 4.46. The molecule has 0 unspecified atom stereocenters. The highest BCUT2D eigenvalue weighted by Crippen LogP contribution is 1.94. The Morgan fingerprint density at radius 3 is 2.38 bits per heavy atom. The van der Waals surface area contributed by atoms with Crippen LogP contribution in [0.4, 0.5) is 0 Å². The van der Waals surface area contributed by atoms with Crippen molar-refractivity contribution in [2.75, 3.05) is 31.3 Å². The summed E-state index contributed by atoms with van der Waals surface area (Å²) in [5.41, 5.74) is 5.15. The maximum Gasteiger partial charge on any atom is 0.153 e. The number of ether oxygens (including phenoxy) is 1. The predicted octanol–water partition coefficient (Wildman–Crippen LogP) is 0.0325. The Bertz CT molecular complexity index is 211. The van der Waals surface area contributed by atoms with Crippen molar-refractivity contribution in [2.24, 2.45) is 11.7 Å². The third kappa shape index (κ3) is 8.21. The minimum absolute atomic E-state index is 0.0536. The largest absolute Gasteiger partial charge is 0.380 e. The first-order chi connectivity index (χ1) is 5.98. The number of rotatable bonds is 7. The van der Waals surface area contributed by atoms with Crippen molar-refractivity contribution >= 4 is 9.84 Å². The van der Waals surface area contributed by atoms with E-state index in [-0.39, 0.29) is 24.7 Å². The van der Waals surface area contributed by atoms with Crippen LogP contribution in [0.2, 0.25) is 0 Å². The van der Waals surface area contributed by atoms with Gasteiger partial charge in [-0.15, -0.1) is 0 Å². The molecule has 0 aromatic carbocycles. The molecule has 5 heteroatoms. The van der Waals surface area contributed by atoms with Gasteiger partial charge < -0.3 is 10.5 Å². The Kier molecular flexibility index (Phi) is 6.28. The van der Waals surface area contributed by atoms with Gasteiger partial charge in [-0.2, -0.15) is 0 Å². The summed E-state index contributed by atoms with van der Waals surface area (Å²) in [7, 11) is -2.98. The van der Waals surface area contributed by atoms with Gasteiger partial charge in [0.25, 0.3) is 0 Å². The molecule has 0 rings (SSSR count). The maximum absolute atomic E-state index is 11.1. The minimum Gasteiger partial charge on any atom is -0.380 e. The molecule has 0 atom stereocenters. The van der Waals surface area contributed by atoms with Crippen LogP contribution < -0.4 is 5.73 Å². The fourth-order valence-corrected chi connectivity index (χ4v) is 1.72. The molecule has 0 aliphatic rings. The van der Waals surface area contributed by atoms with E-state index in [4.69, 9.17) is 10.5 Å². The molecule has 2 N–H and O–H groups in total. The molecule has 0 radical (unpaired) electrons. The van der Waals surface area contributed by atoms with Crippen LogP contribution in [0.1, 0.15) is 13.8 Å². The topological polar surface area (TPSA) is 69.4 Å². The summed E-state index contributed by atoms with van der Waals surface area (Å²) in [4.78, 5) is 0. The van der Waals surface area contributed by atoms with E-state index < -0.39 is 9.84 Å². The Balaban J connectivity index is 3.53. The summed E-state index contributed by atoms with van der Waals surface area (Å²) >= 11 is 0. The minimum atomic E-state index is -2.98. The highest BCUT2D eigenvalue weighted by atomic mass is 32.2. The molecule has 0 fully saturated rings. The van der Waals surface area contributed by atoms with E-state index in [1.54, 1.807) is 0 Å². The number of hydrogen-bond donors (Lipinski definition) is 1. The Labute approximate surface area is 80.4 Å². The zero-order valence-corrected chi connectivity index (χ0v) is 9.14. The molecule has 0 amide bonds. The molecule has 0 bridgehead atoms. The highest BCUT2D eigenvalue weighted by molar-refractivity contribution is 7.91. The molecule has 0 aromatic heterocycles. The second-order valence-electron chi connectivity index (χ2n) is 3.41. The van der Waals surface area contributed by atoms with Crippen molar-refractivity contribution in [1.82, 2.24) is 0 Å². The van der Waals surface area contributed by atoms with Gasteiger partial charge in [-0.05, 0) is 5.92 Å². The summed E-state index contributed by atoms with van der Waals surface area (Å²) in [6.07, 6.45) is 0. The van der Waals surface area contributed by atoms with E-state index in [2.05, 4.69) is 0 Å². The molecule has 80 valence electrons. The van der Waals surface area contributed by atoms with E-state index in [1.807, 2.05) is 13.8 Å². The van der Waals surface area contributed by atoms with E-state index in [1.165, 1.54) is 0 Å². The van der Waals surface area contributed by atoms with Crippen LogP contribution in [0.5, 0.6) is 0 Å². The SMILES string of the molecule is CC(C)COCCS(=O)(=O)CCN. The smallest absolute Gasteiger partial charge is 0.153 e. The first-order valence-corrected chi connectivity index (χ1v) is 6.28. The molecule has 0 saturated heterocycles. The van der Waals surface area contributed by atoms with Gasteiger partial charge in [-0.3, -0.25) is 0 Å². The monoisotopic (exact) mass is 209 g/mol. The molecular weight excluding hydrogens is 190 g/mol. The Hall–Kier alpha value is -0.130. The second-order valence-corrected chi connectivity index (χ2v) is 5.71. The van der Waals surface area contributed by atoms with Crippen LogP contribution >= 0.6 is 0 Å². The van der Waals surface area contributed by atoms with Crippen molar-refractivity contribution < 1.29 is 13.2 Å². The van der Waals surface area contributed by atoms with Gasteiger partial charge in [0.1, 0.15) is 0 Å². The van der Waals surface area contributed by atoms with Gasteiger partial charge in [0.15, 0.2) is 9.84 Å². The van der Waals surface area contributed by atoms with Crippen molar-refractivity contribution in [2.45, 2.75) is 13.8 Å². The molecule has 13 heavy (non-hydrogen) atoms. The molecule has 0 aromatic rings. The van der Waals surface area contributed by atoms with E-state index in [0.717, 1.165) is 0 Å². The quantitative estimate of drug-likeness (QED) is 0.601. The Morgan fingerprint density at radius 1 is 1.31 bits per heavy atom. The van der Waals surface area contributed by atoms with Crippen LogP contribution in [-0.2, 0) is 14.6 Å². The first kappa shape index (κ1) is 12.9. The molecule has 0 spiro atoms. The van der Waals surface area contributed by atoms with Crippen molar-refractivity contribution in [3.63, 3.8) is 0 Å². The van der Waals surface area contributed by atoms with Gasteiger partial charge in [-0.1, -0.05) is 13.8 Å². The average Bonchev–Trinajstić information content (AvgIpc) is 1.98. The van der Waals surface area contributed by atoms with Gasteiger partial charge >= 0.3 is 0 Å². The van der Waals surface area contributed by atoms with Crippen molar-refractivity contribution in [3.8, 4) is 0 Å². The van der Waals surface area contributed by atoms with E-state index in [9.17, 15) is 8.42 Å². The second kappa shape index (κ2) is 6.34. The Morgan fingerprint density at radius 2 is 1.92 bits per heavy atom. The van der Waals surface area contributed by atoms with Gasteiger partial charge in [0.05, 0.1) is 18.1 Å². The van der Waals surface area contributed by atoms with E-state index in [0.29, 0.717) is 12.5 Å². The zero-order valence-electron chi connectivity index (χ0n) is 8.32. The maximum atomic E-state index is 11.1. The standard InChI is InChI=1S/C8H19NO3S/c1-8(2)7-12-4-6-13(10,11)5-3-9/h8H,3-7,9H2,1-2H3. The number of nitrogens with two attached hydrogens (primary N) is 1. The highest BCUT2D eigenvalue weighted by Gasteiger charge is 2.08. The van der Waals surface area contributed by atoms with Gasteiger partial charge in [0.2, 0.25) is 0 Å². The van der Waals surface area contributed by atoms with Crippen LogP contribution in [0.15, 0.2) is 0 Å². The summed E-state index contributed by atoms with van der Waals surface area (Å²) in [6, 6.07) is 0. The molecule has 0 heterocycles. The summed E-state index contributed by atoms with van der Waals surface area (Å²) in [5.74, 6) is 0.576. The number of sulfone groups is 1. The fourth-order valence-electron chi connectivity index (χ4n) is 0.787. The molecule has 0 saturated carbocycles. The fraction of sp³-hybridized carbons (Fsp3) is 1.00. The van der Waals surface area contributed by atoms with Crippen LogP contribution in [0.25, 0.3) is 0 Å². The zero-order chi connectivity index (χ0) is 10.3. The number of hydrogen-bond acceptors (Lipinski definition) is 4. The summed E-state index contributed by atoms with van der Waals surface area (Å²) in [5, 5.41) is 0. The molecular formula is C8H19NO3S. The summed E-state index contributed by atoms with van der Waals surface area (Å²) in [6.45, 7) is 5.12. The normalized spacial score (nSPS) is 12.3. The lowest BCUT2D eigenvalue weighted by atomic mass is 10.2. The third-order valence-electron chi connectivity index (χ3n) is 1.42. The molecule has 0 aliphatic carbocycles. The van der Waals surface area contributed by atoms with Crippen LogP contribution in [-0.4, -0.2) is 39.7 Å². The van der Waals surface area contributed by atoms with E-state index >= 15 is 0 Å². The average molecular weight is 209 g/mol. The van der Waals surface area contributed by atoms with Crippen molar-refractivity contribution in [1.29, 1.82) is 0 Å². The molecule has 4 nitrogen and oxygen atoms in total. The van der Waals surface area contributed by atoms with Crippen LogP contribution in [0.3, 0.4) is 0 Å². The van der Waals surface area contributed by atoms with Crippen molar-refractivity contribution in [3.05, 3.63) is 0 Å². The molecule has 0 aliphatic heterocycles. The third-order valence-corrected chi connectivity index (χ3v) is 3.07. The predicted molar refractivity (Wildman–Crippen MR) is 53.4 cm³/mol. The van der Waals surface area contributed by atoms with Gasteiger partial charge in [0, 0.05) is 13.2 Å². The van der Waals surface area contributed by atoms with Gasteiger partial charge in [-0.25, -0.2) is 8.42 Å².